The third kappa shape index (κ3) is 3.94. The zero-order valence-corrected chi connectivity index (χ0v) is 19.2. The number of nitrogens with one attached hydrogen (secondary N) is 1. The molecule has 2 heterocycles. The van der Waals surface area contributed by atoms with Gasteiger partial charge >= 0.3 is 0 Å². The Balaban J connectivity index is 1.53. The van der Waals surface area contributed by atoms with E-state index in [9.17, 15) is 12.8 Å². The van der Waals surface area contributed by atoms with Gasteiger partial charge in [0.25, 0.3) is 10.0 Å². The van der Waals surface area contributed by atoms with Crippen LogP contribution in [-0.2, 0) is 10.0 Å². The summed E-state index contributed by atoms with van der Waals surface area (Å²) in [4.78, 5) is 8.12. The number of nitrogens with two attached hydrogens (primary N) is 1. The quantitative estimate of drug-likeness (QED) is 0.398. The van der Waals surface area contributed by atoms with Crippen molar-refractivity contribution in [2.45, 2.75) is 36.6 Å². The van der Waals surface area contributed by atoms with Crippen molar-refractivity contribution >= 4 is 44.2 Å². The van der Waals surface area contributed by atoms with Crippen molar-refractivity contribution in [2.24, 2.45) is 0 Å². The van der Waals surface area contributed by atoms with Gasteiger partial charge in [-0.1, -0.05) is 30.5 Å². The Hall–Kier alpha value is -3.31. The zero-order valence-electron chi connectivity index (χ0n) is 17.7. The second-order valence-electron chi connectivity index (χ2n) is 8.07. The molecule has 0 bridgehead atoms. The molecule has 0 saturated heterocycles. The van der Waals surface area contributed by atoms with E-state index in [0.29, 0.717) is 22.3 Å². The summed E-state index contributed by atoms with van der Waals surface area (Å²) in [5, 5.41) is 4.85. The van der Waals surface area contributed by atoms with E-state index in [-0.39, 0.29) is 27.5 Å². The van der Waals surface area contributed by atoms with E-state index >= 15 is 4.39 Å². The van der Waals surface area contributed by atoms with Crippen molar-refractivity contribution in [3.63, 3.8) is 0 Å². The van der Waals surface area contributed by atoms with Gasteiger partial charge in [0.2, 0.25) is 0 Å². The van der Waals surface area contributed by atoms with Crippen LogP contribution in [0.2, 0.25) is 5.02 Å². The fourth-order valence-corrected chi connectivity index (χ4v) is 5.53. The standard InChI is InChI=1S/C22H19ClF2N6O2S/c23-15-10-14(6-7-16(15)24)34(32,33)30-18-8-5-12(9-17(18)25)20-19-21(26)27-11-28-22(19)31(29-20)13-3-1-2-4-13/h5-11,13,30H,1-4H2,(H2,26,27,28). The highest BCUT2D eigenvalue weighted by Gasteiger charge is 2.25. The first kappa shape index (κ1) is 22.5. The molecule has 12 heteroatoms. The summed E-state index contributed by atoms with van der Waals surface area (Å²) in [5.74, 6) is -1.36. The first-order chi connectivity index (χ1) is 16.2. The number of halogens is 3. The van der Waals surface area contributed by atoms with E-state index in [1.807, 2.05) is 4.68 Å². The number of nitrogens with zero attached hydrogens (tertiary/aromatic N) is 4. The predicted octanol–water partition coefficient (Wildman–Crippen LogP) is 4.92. The maximum Gasteiger partial charge on any atom is 0.262 e. The van der Waals surface area contributed by atoms with Gasteiger partial charge in [0.05, 0.1) is 27.0 Å². The molecule has 1 fully saturated rings. The maximum atomic E-state index is 15.0. The first-order valence-electron chi connectivity index (χ1n) is 10.5. The number of rotatable bonds is 5. The number of fused-ring (bicyclic) bond motifs is 1. The highest BCUT2D eigenvalue weighted by atomic mass is 35.5. The van der Waals surface area contributed by atoms with Crippen LogP contribution in [0.15, 0.2) is 47.6 Å². The molecule has 5 rings (SSSR count). The summed E-state index contributed by atoms with van der Waals surface area (Å²) < 4.78 is 57.7. The molecule has 2 aromatic carbocycles. The van der Waals surface area contributed by atoms with E-state index in [4.69, 9.17) is 22.4 Å². The largest absolute Gasteiger partial charge is 0.383 e. The number of anilines is 2. The van der Waals surface area contributed by atoms with Gasteiger partial charge in [0.1, 0.15) is 29.5 Å². The van der Waals surface area contributed by atoms with E-state index < -0.39 is 21.7 Å². The molecule has 8 nitrogen and oxygen atoms in total. The lowest BCUT2D eigenvalue weighted by atomic mass is 10.1. The van der Waals surface area contributed by atoms with Crippen LogP contribution in [0, 0.1) is 11.6 Å². The van der Waals surface area contributed by atoms with Crippen LogP contribution in [0.1, 0.15) is 31.7 Å². The minimum atomic E-state index is -4.20. The van der Waals surface area contributed by atoms with Crippen molar-refractivity contribution in [2.75, 3.05) is 10.5 Å². The van der Waals surface area contributed by atoms with Crippen molar-refractivity contribution in [1.82, 2.24) is 19.7 Å². The smallest absolute Gasteiger partial charge is 0.262 e. The minimum absolute atomic E-state index is 0.170. The molecule has 2 aromatic heterocycles. The third-order valence-electron chi connectivity index (χ3n) is 5.88. The summed E-state index contributed by atoms with van der Waals surface area (Å²) in [5.41, 5.74) is 7.22. The molecule has 3 N–H and O–H groups in total. The molecule has 0 amide bonds. The number of nitrogen functional groups attached to an aromatic ring is 1. The Morgan fingerprint density at radius 2 is 1.82 bits per heavy atom. The molecule has 1 aliphatic rings. The SMILES string of the molecule is Nc1ncnc2c1c(-c1ccc(NS(=O)(=O)c3ccc(F)c(Cl)c3)c(F)c1)nn2C1CCCC1. The Labute approximate surface area is 198 Å². The van der Waals surface area contributed by atoms with Gasteiger partial charge in [-0.25, -0.2) is 31.8 Å². The van der Waals surface area contributed by atoms with Crippen molar-refractivity contribution in [1.29, 1.82) is 0 Å². The van der Waals surface area contributed by atoms with Gasteiger partial charge in [-0.05, 0) is 43.2 Å². The highest BCUT2D eigenvalue weighted by molar-refractivity contribution is 7.92. The number of aromatic nitrogens is 4. The predicted molar refractivity (Wildman–Crippen MR) is 125 cm³/mol. The summed E-state index contributed by atoms with van der Waals surface area (Å²) in [6, 6.07) is 7.08. The van der Waals surface area contributed by atoms with Gasteiger partial charge in [0.15, 0.2) is 5.65 Å². The Bertz CT molecular complexity index is 1520. The Morgan fingerprint density at radius 1 is 1.06 bits per heavy atom. The van der Waals surface area contributed by atoms with Crippen LogP contribution in [0.25, 0.3) is 22.3 Å². The molecule has 0 spiro atoms. The molecule has 176 valence electrons. The van der Waals surface area contributed by atoms with Crippen LogP contribution in [0.4, 0.5) is 20.3 Å². The summed E-state index contributed by atoms with van der Waals surface area (Å²) in [7, 11) is -4.20. The number of benzene rings is 2. The topological polar surface area (TPSA) is 116 Å². The summed E-state index contributed by atoms with van der Waals surface area (Å²) in [6.45, 7) is 0. The zero-order chi connectivity index (χ0) is 24.0. The van der Waals surface area contributed by atoms with E-state index in [1.165, 1.54) is 24.5 Å². The van der Waals surface area contributed by atoms with Crippen molar-refractivity contribution in [3.05, 3.63) is 59.4 Å². The van der Waals surface area contributed by atoms with Crippen LogP contribution in [-0.4, -0.2) is 28.2 Å². The minimum Gasteiger partial charge on any atom is -0.383 e. The average molecular weight is 505 g/mol. The van der Waals surface area contributed by atoms with Crippen molar-refractivity contribution in [3.8, 4) is 11.3 Å². The molecular weight excluding hydrogens is 486 g/mol. The lowest BCUT2D eigenvalue weighted by Gasteiger charge is -2.11. The maximum absolute atomic E-state index is 15.0. The van der Waals surface area contributed by atoms with Crippen LogP contribution in [0.5, 0.6) is 0 Å². The van der Waals surface area contributed by atoms with E-state index in [1.54, 1.807) is 0 Å². The molecular formula is C22H19ClF2N6O2S. The summed E-state index contributed by atoms with van der Waals surface area (Å²) in [6.07, 6.45) is 5.47. The second-order valence-corrected chi connectivity index (χ2v) is 10.2. The third-order valence-corrected chi connectivity index (χ3v) is 7.53. The normalized spacial score (nSPS) is 14.7. The summed E-state index contributed by atoms with van der Waals surface area (Å²) >= 11 is 5.68. The van der Waals surface area contributed by atoms with E-state index in [0.717, 1.165) is 43.9 Å². The number of sulfonamides is 1. The van der Waals surface area contributed by atoms with Crippen LogP contribution in [0.3, 0.4) is 0 Å². The van der Waals surface area contributed by atoms with Crippen LogP contribution >= 0.6 is 11.6 Å². The molecule has 1 aliphatic carbocycles. The first-order valence-corrected chi connectivity index (χ1v) is 12.4. The lowest BCUT2D eigenvalue weighted by molar-refractivity contribution is 0.479. The van der Waals surface area contributed by atoms with Crippen molar-refractivity contribution < 1.29 is 17.2 Å². The monoisotopic (exact) mass is 504 g/mol. The lowest BCUT2D eigenvalue weighted by Crippen LogP contribution is -2.14. The Kier molecular flexibility index (Phi) is 5.61. The fraction of sp³-hybridized carbons (Fsp3) is 0.227. The van der Waals surface area contributed by atoms with Gasteiger partial charge in [-0.2, -0.15) is 5.10 Å². The Morgan fingerprint density at radius 3 is 2.53 bits per heavy atom. The molecule has 0 unspecified atom stereocenters. The van der Waals surface area contributed by atoms with Gasteiger partial charge in [0, 0.05) is 5.56 Å². The average Bonchev–Trinajstić information content (AvgIpc) is 3.45. The van der Waals surface area contributed by atoms with Gasteiger partial charge in [-0.3, -0.25) is 4.72 Å². The molecule has 34 heavy (non-hydrogen) atoms. The number of hydrogen-bond acceptors (Lipinski definition) is 6. The molecule has 4 aromatic rings. The fourth-order valence-electron chi connectivity index (χ4n) is 4.19. The number of hydrogen-bond donors (Lipinski definition) is 2. The second kappa shape index (κ2) is 8.48. The molecule has 1 saturated carbocycles. The molecule has 0 atom stereocenters. The van der Waals surface area contributed by atoms with Crippen LogP contribution < -0.4 is 10.5 Å². The van der Waals surface area contributed by atoms with Gasteiger partial charge < -0.3 is 5.73 Å². The highest BCUT2D eigenvalue weighted by Crippen LogP contribution is 2.37. The van der Waals surface area contributed by atoms with Gasteiger partial charge in [-0.15, -0.1) is 0 Å². The molecule has 0 aliphatic heterocycles. The van der Waals surface area contributed by atoms with E-state index in [2.05, 4.69) is 14.7 Å². The molecule has 0 radical (unpaired) electrons.